The van der Waals surface area contributed by atoms with Crippen LogP contribution in [0.25, 0.3) is 16.6 Å². The molecular formula is C25H25N5O4S. The maximum Gasteiger partial charge on any atom is 0.329 e. The zero-order valence-corrected chi connectivity index (χ0v) is 20.2. The maximum absolute atomic E-state index is 13.4. The monoisotopic (exact) mass is 491 g/mol. The van der Waals surface area contributed by atoms with E-state index in [1.54, 1.807) is 24.3 Å². The Morgan fingerprint density at radius 2 is 1.77 bits per heavy atom. The first-order valence-corrected chi connectivity index (χ1v) is 12.2. The van der Waals surface area contributed by atoms with Crippen LogP contribution in [-0.2, 0) is 13.0 Å². The normalized spacial score (nSPS) is 11.1. The van der Waals surface area contributed by atoms with Crippen LogP contribution >= 0.6 is 11.8 Å². The Morgan fingerprint density at radius 3 is 2.46 bits per heavy atom. The topological polar surface area (TPSA) is 133 Å². The van der Waals surface area contributed by atoms with Crippen LogP contribution < -0.4 is 22.5 Å². The van der Waals surface area contributed by atoms with Crippen LogP contribution in [0.3, 0.4) is 0 Å². The molecule has 2 heterocycles. The Bertz CT molecular complexity index is 1590. The van der Waals surface area contributed by atoms with Gasteiger partial charge >= 0.3 is 5.69 Å². The van der Waals surface area contributed by atoms with E-state index < -0.39 is 17.0 Å². The van der Waals surface area contributed by atoms with E-state index in [4.69, 9.17) is 5.73 Å². The number of nitrogens with zero attached hydrogens (tertiary/aromatic N) is 3. The number of aryl methyl sites for hydroxylation is 1. The molecule has 10 heteroatoms. The number of fused-ring (bicyclic) bond motifs is 1. The number of hydrogen-bond donors (Lipinski definition) is 2. The predicted molar refractivity (Wildman–Crippen MR) is 138 cm³/mol. The number of rotatable bonds is 8. The predicted octanol–water partition coefficient (Wildman–Crippen LogP) is 2.77. The average Bonchev–Trinajstić information content (AvgIpc) is 2.85. The number of carbonyl (C=O) groups excluding carboxylic acids is 1. The molecule has 0 radical (unpaired) electrons. The van der Waals surface area contributed by atoms with Crippen LogP contribution in [0.4, 0.5) is 5.82 Å². The molecule has 35 heavy (non-hydrogen) atoms. The van der Waals surface area contributed by atoms with Gasteiger partial charge in [-0.2, -0.15) is 0 Å². The number of carbonyl (C=O) groups is 1. The third-order valence-electron chi connectivity index (χ3n) is 5.65. The molecule has 0 saturated carbocycles. The van der Waals surface area contributed by atoms with Crippen LogP contribution in [0.15, 0.2) is 68.1 Å². The quantitative estimate of drug-likeness (QED) is 0.220. The fourth-order valence-corrected chi connectivity index (χ4v) is 4.71. The summed E-state index contributed by atoms with van der Waals surface area (Å²) in [5.41, 5.74) is 6.26. The highest BCUT2D eigenvalue weighted by Gasteiger charge is 2.21. The molecule has 4 aromatic rings. The van der Waals surface area contributed by atoms with Gasteiger partial charge in [-0.1, -0.05) is 49.9 Å². The minimum atomic E-state index is -0.829. The summed E-state index contributed by atoms with van der Waals surface area (Å²) in [6.07, 6.45) is 1.46. The lowest BCUT2D eigenvalue weighted by atomic mass is 10.1. The molecule has 0 unspecified atom stereocenters. The van der Waals surface area contributed by atoms with Crippen molar-refractivity contribution in [3.8, 4) is 5.69 Å². The Kier molecular flexibility index (Phi) is 7.02. The number of Topliss-reactive ketones (excluding diaryl/α,β-unsaturated/α-hetero) is 1. The van der Waals surface area contributed by atoms with Crippen molar-refractivity contribution >= 4 is 34.3 Å². The first kappa shape index (κ1) is 24.2. The number of para-hydroxylation sites is 1. The molecule has 0 atom stereocenters. The third kappa shape index (κ3) is 4.69. The standard InChI is InChI=1S/C25H25N5O4S/c1-3-13-29-21(26)20(22(32)28-24(29)34)19(31)14-35-25-27-18-8-6-5-7-17(18)23(33)30(25)16-11-9-15(4-2)10-12-16/h5-12H,3-4,13-14,26H2,1-2H3,(H,28,32,34). The molecule has 180 valence electrons. The van der Waals surface area contributed by atoms with Gasteiger partial charge in [-0.05, 0) is 42.7 Å². The van der Waals surface area contributed by atoms with Crippen molar-refractivity contribution in [2.24, 2.45) is 0 Å². The lowest BCUT2D eigenvalue weighted by Gasteiger charge is -2.14. The minimum Gasteiger partial charge on any atom is -0.384 e. The van der Waals surface area contributed by atoms with Gasteiger partial charge in [-0.15, -0.1) is 0 Å². The first-order valence-electron chi connectivity index (χ1n) is 11.2. The Morgan fingerprint density at radius 1 is 1.06 bits per heavy atom. The van der Waals surface area contributed by atoms with Crippen LogP contribution in [0.5, 0.6) is 0 Å². The fourth-order valence-electron chi connectivity index (χ4n) is 3.82. The second-order valence-electron chi connectivity index (χ2n) is 7.96. The van der Waals surface area contributed by atoms with Crippen molar-refractivity contribution in [3.05, 3.63) is 90.8 Å². The van der Waals surface area contributed by atoms with Gasteiger partial charge in [-0.25, -0.2) is 9.78 Å². The zero-order valence-electron chi connectivity index (χ0n) is 19.4. The molecule has 0 aliphatic carbocycles. The summed E-state index contributed by atoms with van der Waals surface area (Å²) in [6, 6.07) is 14.5. The maximum atomic E-state index is 13.4. The second kappa shape index (κ2) is 10.1. The summed E-state index contributed by atoms with van der Waals surface area (Å²) < 4.78 is 2.64. The minimum absolute atomic E-state index is 0.162. The highest BCUT2D eigenvalue weighted by atomic mass is 32.2. The molecular weight excluding hydrogens is 466 g/mol. The van der Waals surface area contributed by atoms with Gasteiger partial charge in [0.1, 0.15) is 11.4 Å². The van der Waals surface area contributed by atoms with Gasteiger partial charge < -0.3 is 5.73 Å². The van der Waals surface area contributed by atoms with Crippen molar-refractivity contribution in [3.63, 3.8) is 0 Å². The summed E-state index contributed by atoms with van der Waals surface area (Å²) in [6.45, 7) is 4.17. The number of nitrogens with one attached hydrogen (secondary N) is 1. The van der Waals surface area contributed by atoms with Crippen LogP contribution in [0.2, 0.25) is 0 Å². The van der Waals surface area contributed by atoms with Gasteiger partial charge in [0.05, 0.1) is 22.3 Å². The van der Waals surface area contributed by atoms with Gasteiger partial charge in [-0.3, -0.25) is 28.5 Å². The molecule has 9 nitrogen and oxygen atoms in total. The molecule has 4 rings (SSSR count). The molecule has 0 aliphatic heterocycles. The molecule has 0 fully saturated rings. The first-order chi connectivity index (χ1) is 16.8. The summed E-state index contributed by atoms with van der Waals surface area (Å²) in [4.78, 5) is 57.7. The SMILES string of the molecule is CCCn1c(N)c(C(=O)CSc2nc3ccccc3c(=O)n2-c2ccc(CC)cc2)c(=O)[nH]c1=O. The van der Waals surface area contributed by atoms with E-state index >= 15 is 0 Å². The average molecular weight is 492 g/mol. The molecule has 0 aliphatic rings. The Hall–Kier alpha value is -3.92. The number of ketones is 1. The number of hydrogen-bond acceptors (Lipinski definition) is 7. The van der Waals surface area contributed by atoms with Gasteiger partial charge in [0.2, 0.25) is 0 Å². The van der Waals surface area contributed by atoms with E-state index in [-0.39, 0.29) is 29.2 Å². The number of nitrogen functional groups attached to an aromatic ring is 1. The van der Waals surface area contributed by atoms with E-state index in [1.807, 2.05) is 38.1 Å². The van der Waals surface area contributed by atoms with E-state index in [0.29, 0.717) is 28.2 Å². The molecule has 0 spiro atoms. The van der Waals surface area contributed by atoms with Crippen molar-refractivity contribution in [1.82, 2.24) is 19.1 Å². The second-order valence-corrected chi connectivity index (χ2v) is 8.90. The third-order valence-corrected chi connectivity index (χ3v) is 6.58. The number of aromatic amines is 1. The number of nitrogens with two attached hydrogens (primary N) is 1. The summed E-state index contributed by atoms with van der Waals surface area (Å²) in [5, 5.41) is 0.762. The van der Waals surface area contributed by atoms with Crippen molar-refractivity contribution in [2.45, 2.75) is 38.4 Å². The number of aromatic nitrogens is 4. The summed E-state index contributed by atoms with van der Waals surface area (Å²) in [5.74, 6) is -0.922. The number of anilines is 1. The van der Waals surface area contributed by atoms with Gasteiger partial charge in [0, 0.05) is 6.54 Å². The molecule has 2 aromatic carbocycles. The Labute approximate surface area is 204 Å². The molecule has 0 saturated heterocycles. The van der Waals surface area contributed by atoms with Crippen LogP contribution in [0.1, 0.15) is 36.2 Å². The van der Waals surface area contributed by atoms with Gasteiger partial charge in [0.25, 0.3) is 11.1 Å². The smallest absolute Gasteiger partial charge is 0.329 e. The van der Waals surface area contributed by atoms with Crippen LogP contribution in [-0.4, -0.2) is 30.6 Å². The highest BCUT2D eigenvalue weighted by Crippen LogP contribution is 2.23. The van der Waals surface area contributed by atoms with Crippen molar-refractivity contribution in [1.29, 1.82) is 0 Å². The molecule has 2 aromatic heterocycles. The summed E-state index contributed by atoms with van der Waals surface area (Å²) >= 11 is 1.03. The largest absolute Gasteiger partial charge is 0.384 e. The van der Waals surface area contributed by atoms with E-state index in [9.17, 15) is 19.2 Å². The highest BCUT2D eigenvalue weighted by molar-refractivity contribution is 7.99. The van der Waals surface area contributed by atoms with E-state index in [1.165, 1.54) is 9.13 Å². The fraction of sp³-hybridized carbons (Fsp3) is 0.240. The number of H-pyrrole nitrogens is 1. The van der Waals surface area contributed by atoms with Crippen molar-refractivity contribution < 1.29 is 4.79 Å². The zero-order chi connectivity index (χ0) is 25.1. The number of benzene rings is 2. The Balaban J connectivity index is 1.76. The van der Waals surface area contributed by atoms with E-state index in [0.717, 1.165) is 23.7 Å². The molecule has 0 bridgehead atoms. The molecule has 3 N–H and O–H groups in total. The van der Waals surface area contributed by atoms with Crippen molar-refractivity contribution in [2.75, 3.05) is 11.5 Å². The number of thioether (sulfide) groups is 1. The molecule has 0 amide bonds. The van der Waals surface area contributed by atoms with Crippen LogP contribution in [0, 0.1) is 0 Å². The lowest BCUT2D eigenvalue weighted by molar-refractivity contribution is 0.102. The lowest BCUT2D eigenvalue weighted by Crippen LogP contribution is -2.36. The van der Waals surface area contributed by atoms with E-state index in [2.05, 4.69) is 9.97 Å². The summed E-state index contributed by atoms with van der Waals surface area (Å²) in [7, 11) is 0. The van der Waals surface area contributed by atoms with Gasteiger partial charge in [0.15, 0.2) is 10.9 Å².